The summed E-state index contributed by atoms with van der Waals surface area (Å²) in [5, 5.41) is 15.8. The molecule has 2 fully saturated rings. The summed E-state index contributed by atoms with van der Waals surface area (Å²) in [4.78, 5) is 29.6. The fourth-order valence-electron chi connectivity index (χ4n) is 5.61. The van der Waals surface area contributed by atoms with Crippen LogP contribution in [0.5, 0.6) is 0 Å². The van der Waals surface area contributed by atoms with Crippen LogP contribution < -0.4 is 15.5 Å². The molecule has 0 spiro atoms. The molecule has 2 aliphatic rings. The number of anilines is 2. The van der Waals surface area contributed by atoms with Crippen LogP contribution in [0, 0.1) is 5.92 Å². The Balaban J connectivity index is 0.963. The van der Waals surface area contributed by atoms with Crippen LogP contribution in [-0.2, 0) is 22.6 Å². The number of carbonyl (C=O) groups excluding carboxylic acids is 2. The predicted octanol–water partition coefficient (Wildman–Crippen LogP) is 4.76. The van der Waals surface area contributed by atoms with Gasteiger partial charge in [-0.25, -0.2) is 0 Å². The Morgan fingerprint density at radius 2 is 1.71 bits per heavy atom. The quantitative estimate of drug-likeness (QED) is 0.277. The number of carbonyl (C=O) groups is 2. The van der Waals surface area contributed by atoms with Crippen molar-refractivity contribution in [2.24, 2.45) is 5.92 Å². The Bertz CT molecular complexity index is 1270. The van der Waals surface area contributed by atoms with Gasteiger partial charge < -0.3 is 25.2 Å². The number of hydrogen-bond acceptors (Lipinski definition) is 8. The molecule has 2 aromatic carbocycles. The molecule has 3 heterocycles. The van der Waals surface area contributed by atoms with Crippen molar-refractivity contribution in [3.05, 3.63) is 71.3 Å². The number of likely N-dealkylation sites (tertiary alicyclic amines) is 1. The minimum atomic E-state index is -0.0826. The van der Waals surface area contributed by atoms with Crippen LogP contribution in [0.2, 0.25) is 0 Å². The average Bonchev–Trinajstić information content (AvgIpc) is 3.49. The van der Waals surface area contributed by atoms with Crippen molar-refractivity contribution in [2.45, 2.75) is 51.6 Å². The van der Waals surface area contributed by atoms with E-state index in [0.717, 1.165) is 68.2 Å². The molecule has 5 rings (SSSR count). The number of hydrogen-bond donors (Lipinski definition) is 2. The van der Waals surface area contributed by atoms with Crippen LogP contribution in [0.25, 0.3) is 0 Å². The molecular formula is C32H42N6O3S. The molecule has 0 unspecified atom stereocenters. The number of amides is 2. The van der Waals surface area contributed by atoms with Gasteiger partial charge in [0.1, 0.15) is 0 Å². The van der Waals surface area contributed by atoms with Crippen LogP contribution in [0.3, 0.4) is 0 Å². The lowest BCUT2D eigenvalue weighted by molar-refractivity contribution is -0.115. The van der Waals surface area contributed by atoms with Crippen molar-refractivity contribution in [1.29, 1.82) is 0 Å². The molecule has 0 bridgehead atoms. The van der Waals surface area contributed by atoms with Gasteiger partial charge in [-0.3, -0.25) is 9.59 Å². The topological polar surface area (TPSA) is 99.7 Å². The average molecular weight is 591 g/mol. The Morgan fingerprint density at radius 1 is 0.929 bits per heavy atom. The molecule has 0 atom stereocenters. The van der Waals surface area contributed by atoms with E-state index >= 15 is 0 Å². The van der Waals surface area contributed by atoms with Crippen molar-refractivity contribution in [3.8, 4) is 0 Å². The van der Waals surface area contributed by atoms with Crippen molar-refractivity contribution in [1.82, 2.24) is 20.4 Å². The summed E-state index contributed by atoms with van der Waals surface area (Å²) in [6.45, 7) is 6.95. The number of benzene rings is 2. The largest absolute Gasteiger partial charge is 0.377 e. The van der Waals surface area contributed by atoms with Crippen molar-refractivity contribution in [3.63, 3.8) is 0 Å². The molecule has 3 aromatic rings. The van der Waals surface area contributed by atoms with Gasteiger partial charge in [0, 0.05) is 38.3 Å². The maximum Gasteiger partial charge on any atom is 0.251 e. The summed E-state index contributed by atoms with van der Waals surface area (Å²) >= 11 is 1.43. The smallest absolute Gasteiger partial charge is 0.251 e. The second-order valence-corrected chi connectivity index (χ2v) is 12.2. The minimum absolute atomic E-state index is 0.0160. The Hall–Kier alpha value is -3.34. The third-order valence-electron chi connectivity index (χ3n) is 8.04. The molecule has 0 aliphatic carbocycles. The van der Waals surface area contributed by atoms with Crippen LogP contribution in [0.1, 0.15) is 60.0 Å². The standard InChI is InChI=1S/C32H42N6O3S/c39-29(23-26-8-3-1-4-9-26)34-31-35-36-32(42-31)38-18-12-25(13-19-38)14-21-41-24-27-10-7-11-28(22-27)30(40)33-15-20-37-16-5-2-6-17-37/h1,3-4,7-11,22,25H,2,5-6,12-21,23-24H2,(H,33,40)(H,34,35,39). The van der Waals surface area contributed by atoms with Crippen molar-refractivity contribution >= 4 is 33.4 Å². The van der Waals surface area contributed by atoms with Gasteiger partial charge in [-0.05, 0) is 74.4 Å². The maximum absolute atomic E-state index is 12.6. The third kappa shape index (κ3) is 9.34. The highest BCUT2D eigenvalue weighted by Gasteiger charge is 2.22. The molecule has 2 amide bonds. The van der Waals surface area contributed by atoms with E-state index in [9.17, 15) is 9.59 Å². The molecule has 2 aliphatic heterocycles. The van der Waals surface area contributed by atoms with Crippen molar-refractivity contribution < 1.29 is 14.3 Å². The number of piperidine rings is 2. The van der Waals surface area contributed by atoms with Gasteiger partial charge in [-0.1, -0.05) is 60.2 Å². The van der Waals surface area contributed by atoms with Gasteiger partial charge in [0.05, 0.1) is 13.0 Å². The van der Waals surface area contributed by atoms with E-state index in [-0.39, 0.29) is 11.8 Å². The molecule has 1 aromatic heterocycles. The summed E-state index contributed by atoms with van der Waals surface area (Å²) in [6, 6.07) is 17.4. The molecule has 224 valence electrons. The zero-order chi connectivity index (χ0) is 29.0. The summed E-state index contributed by atoms with van der Waals surface area (Å²) in [7, 11) is 0. The SMILES string of the molecule is O=C(Cc1ccccc1)Nc1nnc(N2CCC(CCOCc3cccc(C(=O)NCCN4CCCCC4)c3)CC2)s1. The highest BCUT2D eigenvalue weighted by atomic mass is 32.1. The first-order valence-corrected chi connectivity index (χ1v) is 16.0. The lowest BCUT2D eigenvalue weighted by Gasteiger charge is -2.31. The first-order chi connectivity index (χ1) is 20.6. The van der Waals surface area contributed by atoms with Gasteiger partial charge in [0.25, 0.3) is 5.91 Å². The summed E-state index contributed by atoms with van der Waals surface area (Å²) in [6.07, 6.45) is 7.33. The van der Waals surface area contributed by atoms with E-state index in [1.54, 1.807) is 0 Å². The van der Waals surface area contributed by atoms with E-state index in [2.05, 4.69) is 30.6 Å². The molecule has 2 N–H and O–H groups in total. The van der Waals surface area contributed by atoms with Crippen molar-refractivity contribution in [2.75, 3.05) is 56.1 Å². The zero-order valence-electron chi connectivity index (χ0n) is 24.3. The van der Waals surface area contributed by atoms with Gasteiger partial charge in [-0.2, -0.15) is 0 Å². The highest BCUT2D eigenvalue weighted by Crippen LogP contribution is 2.29. The lowest BCUT2D eigenvalue weighted by Crippen LogP contribution is -2.37. The van der Waals surface area contributed by atoms with E-state index in [1.807, 2.05) is 54.6 Å². The summed E-state index contributed by atoms with van der Waals surface area (Å²) in [5.41, 5.74) is 2.69. The summed E-state index contributed by atoms with van der Waals surface area (Å²) < 4.78 is 6.00. The fourth-order valence-corrected chi connectivity index (χ4v) is 6.42. The molecule has 0 radical (unpaired) electrons. The van der Waals surface area contributed by atoms with Gasteiger partial charge >= 0.3 is 0 Å². The van der Waals surface area contributed by atoms with E-state index in [4.69, 9.17) is 4.74 Å². The highest BCUT2D eigenvalue weighted by molar-refractivity contribution is 7.19. The Morgan fingerprint density at radius 3 is 2.52 bits per heavy atom. The van der Waals surface area contributed by atoms with E-state index < -0.39 is 0 Å². The second kappa shape index (κ2) is 15.8. The second-order valence-electron chi connectivity index (χ2n) is 11.2. The maximum atomic E-state index is 12.6. The number of nitrogens with one attached hydrogen (secondary N) is 2. The van der Waals surface area contributed by atoms with E-state index in [1.165, 1.54) is 30.6 Å². The molecule has 9 nitrogen and oxygen atoms in total. The monoisotopic (exact) mass is 590 g/mol. The first kappa shape index (κ1) is 30.1. The number of rotatable bonds is 13. The Labute approximate surface area is 252 Å². The normalized spacial score (nSPS) is 16.3. The molecule has 2 saturated heterocycles. The van der Waals surface area contributed by atoms with Crippen LogP contribution in [0.4, 0.5) is 10.3 Å². The minimum Gasteiger partial charge on any atom is -0.377 e. The molecule has 42 heavy (non-hydrogen) atoms. The van der Waals surface area contributed by atoms with Gasteiger partial charge in [0.2, 0.25) is 16.2 Å². The van der Waals surface area contributed by atoms with Crippen LogP contribution in [0.15, 0.2) is 54.6 Å². The van der Waals surface area contributed by atoms with Gasteiger partial charge in [0.15, 0.2) is 0 Å². The number of aromatic nitrogens is 2. The molecule has 0 saturated carbocycles. The summed E-state index contributed by atoms with van der Waals surface area (Å²) in [5.74, 6) is 0.509. The fraction of sp³-hybridized carbons (Fsp3) is 0.500. The van der Waals surface area contributed by atoms with Gasteiger partial charge in [-0.15, -0.1) is 10.2 Å². The van der Waals surface area contributed by atoms with Crippen LogP contribution in [-0.4, -0.2) is 72.8 Å². The van der Waals surface area contributed by atoms with E-state index in [0.29, 0.717) is 42.8 Å². The Kier molecular flexibility index (Phi) is 11.3. The molecule has 10 heteroatoms. The molecular weight excluding hydrogens is 548 g/mol. The number of ether oxygens (including phenoxy) is 1. The zero-order valence-corrected chi connectivity index (χ0v) is 25.1. The lowest BCUT2D eigenvalue weighted by atomic mass is 9.94. The third-order valence-corrected chi connectivity index (χ3v) is 8.94. The first-order valence-electron chi connectivity index (χ1n) is 15.2. The van der Waals surface area contributed by atoms with Crippen LogP contribution >= 0.6 is 11.3 Å². The predicted molar refractivity (Wildman–Crippen MR) is 167 cm³/mol. The number of nitrogens with zero attached hydrogens (tertiary/aromatic N) is 4.